The van der Waals surface area contributed by atoms with Crippen LogP contribution in [0.25, 0.3) is 5.69 Å². The van der Waals surface area contributed by atoms with Gasteiger partial charge in [-0.2, -0.15) is 4.68 Å². The number of hydrogen-bond acceptors (Lipinski definition) is 7. The zero-order valence-electron chi connectivity index (χ0n) is 12.9. The molecule has 2 N–H and O–H groups in total. The second-order valence-corrected chi connectivity index (χ2v) is 6.05. The van der Waals surface area contributed by atoms with Gasteiger partial charge in [0.1, 0.15) is 6.54 Å². The van der Waals surface area contributed by atoms with Crippen LogP contribution in [0.1, 0.15) is 0 Å². The van der Waals surface area contributed by atoms with Gasteiger partial charge in [0.15, 0.2) is 0 Å². The molecule has 0 aliphatic carbocycles. The SMILES string of the molecule is O=C(CN1CSCC1=O)NCCNc1nnnn1-c1ccccc1. The zero-order chi connectivity index (χ0) is 16.8. The molecule has 3 rings (SSSR count). The van der Waals surface area contributed by atoms with Gasteiger partial charge in [-0.3, -0.25) is 9.59 Å². The first-order valence-corrected chi connectivity index (χ1v) is 8.59. The molecule has 10 heteroatoms. The Bertz CT molecular complexity index is 706. The highest BCUT2D eigenvalue weighted by Crippen LogP contribution is 2.13. The van der Waals surface area contributed by atoms with Crippen molar-refractivity contribution in [2.24, 2.45) is 0 Å². The van der Waals surface area contributed by atoms with E-state index in [2.05, 4.69) is 26.2 Å². The Labute approximate surface area is 142 Å². The maximum Gasteiger partial charge on any atom is 0.247 e. The normalized spacial score (nSPS) is 14.0. The van der Waals surface area contributed by atoms with Gasteiger partial charge in [-0.25, -0.2) is 0 Å². The Kier molecular flexibility index (Phi) is 5.26. The number of nitrogens with zero attached hydrogens (tertiary/aromatic N) is 5. The summed E-state index contributed by atoms with van der Waals surface area (Å²) >= 11 is 1.52. The van der Waals surface area contributed by atoms with Crippen LogP contribution in [-0.4, -0.2) is 68.2 Å². The second kappa shape index (κ2) is 7.77. The molecular formula is C14H17N7O2S. The quantitative estimate of drug-likeness (QED) is 0.664. The van der Waals surface area contributed by atoms with Gasteiger partial charge in [0, 0.05) is 13.1 Å². The topological polar surface area (TPSA) is 105 Å². The van der Waals surface area contributed by atoms with E-state index in [0.717, 1.165) is 5.69 Å². The van der Waals surface area contributed by atoms with Crippen molar-refractivity contribution >= 4 is 29.5 Å². The summed E-state index contributed by atoms with van der Waals surface area (Å²) in [5, 5.41) is 17.4. The van der Waals surface area contributed by atoms with Gasteiger partial charge in [-0.05, 0) is 22.6 Å². The van der Waals surface area contributed by atoms with Crippen molar-refractivity contribution in [1.82, 2.24) is 30.4 Å². The first-order chi connectivity index (χ1) is 11.7. The number of carbonyl (C=O) groups is 2. The number of nitrogens with one attached hydrogen (secondary N) is 2. The van der Waals surface area contributed by atoms with Crippen molar-refractivity contribution in [3.8, 4) is 5.69 Å². The standard InChI is InChI=1S/C14H17N7O2S/c22-12(8-20-10-24-9-13(20)23)15-6-7-16-14-17-18-19-21(14)11-4-2-1-3-5-11/h1-5H,6-10H2,(H,15,22)(H,16,17,19). The van der Waals surface area contributed by atoms with Crippen molar-refractivity contribution in [1.29, 1.82) is 0 Å². The summed E-state index contributed by atoms with van der Waals surface area (Å²) in [7, 11) is 0. The highest BCUT2D eigenvalue weighted by atomic mass is 32.2. The lowest BCUT2D eigenvalue weighted by Crippen LogP contribution is -2.39. The van der Waals surface area contributed by atoms with E-state index in [9.17, 15) is 9.59 Å². The van der Waals surface area contributed by atoms with Crippen LogP contribution in [-0.2, 0) is 9.59 Å². The molecule has 126 valence electrons. The number of thioether (sulfide) groups is 1. The van der Waals surface area contributed by atoms with Crippen LogP contribution in [0.2, 0.25) is 0 Å². The number of amides is 2. The summed E-state index contributed by atoms with van der Waals surface area (Å²) in [6.45, 7) is 0.991. The third kappa shape index (κ3) is 4.02. The maximum absolute atomic E-state index is 11.8. The number of tetrazole rings is 1. The number of rotatable bonds is 7. The highest BCUT2D eigenvalue weighted by Gasteiger charge is 2.22. The lowest BCUT2D eigenvalue weighted by molar-refractivity contribution is -0.132. The lowest BCUT2D eigenvalue weighted by Gasteiger charge is -2.14. The van der Waals surface area contributed by atoms with E-state index in [1.807, 2.05) is 30.3 Å². The Balaban J connectivity index is 1.43. The van der Waals surface area contributed by atoms with Crippen LogP contribution in [0.3, 0.4) is 0 Å². The second-order valence-electron chi connectivity index (χ2n) is 5.10. The van der Waals surface area contributed by atoms with Crippen LogP contribution in [0, 0.1) is 0 Å². The highest BCUT2D eigenvalue weighted by molar-refractivity contribution is 8.00. The molecule has 0 atom stereocenters. The minimum Gasteiger partial charge on any atom is -0.353 e. The average molecular weight is 347 g/mol. The summed E-state index contributed by atoms with van der Waals surface area (Å²) in [5.74, 6) is 1.38. The number of benzene rings is 1. The molecule has 1 saturated heterocycles. The molecule has 1 aliphatic rings. The van der Waals surface area contributed by atoms with Gasteiger partial charge < -0.3 is 15.5 Å². The van der Waals surface area contributed by atoms with Gasteiger partial charge in [0.2, 0.25) is 17.8 Å². The van der Waals surface area contributed by atoms with E-state index >= 15 is 0 Å². The molecule has 0 radical (unpaired) electrons. The molecule has 2 heterocycles. The third-order valence-corrected chi connectivity index (χ3v) is 4.31. The van der Waals surface area contributed by atoms with Crippen molar-refractivity contribution in [3.63, 3.8) is 0 Å². The first-order valence-electron chi connectivity index (χ1n) is 7.44. The van der Waals surface area contributed by atoms with Crippen LogP contribution in [0.5, 0.6) is 0 Å². The predicted molar refractivity (Wildman–Crippen MR) is 89.7 cm³/mol. The lowest BCUT2D eigenvalue weighted by atomic mass is 10.3. The Morgan fingerprint density at radius 2 is 2.08 bits per heavy atom. The summed E-state index contributed by atoms with van der Waals surface area (Å²) in [6, 6.07) is 9.51. The van der Waals surface area contributed by atoms with E-state index in [4.69, 9.17) is 0 Å². The van der Waals surface area contributed by atoms with Crippen LogP contribution >= 0.6 is 11.8 Å². The van der Waals surface area contributed by atoms with Gasteiger partial charge in [0.05, 0.1) is 17.3 Å². The van der Waals surface area contributed by atoms with Crippen molar-refractivity contribution in [2.75, 3.05) is 36.6 Å². The molecule has 2 aromatic rings. The number of anilines is 1. The van der Waals surface area contributed by atoms with E-state index < -0.39 is 0 Å². The Hall–Kier alpha value is -2.62. The number of aromatic nitrogens is 4. The van der Waals surface area contributed by atoms with Gasteiger partial charge in [-0.15, -0.1) is 11.8 Å². The minimum atomic E-state index is -0.171. The first kappa shape index (κ1) is 16.2. The van der Waals surface area contributed by atoms with Crippen LogP contribution in [0.15, 0.2) is 30.3 Å². The molecule has 24 heavy (non-hydrogen) atoms. The summed E-state index contributed by atoms with van der Waals surface area (Å²) in [5.41, 5.74) is 0.846. The summed E-state index contributed by atoms with van der Waals surface area (Å²) in [4.78, 5) is 24.8. The Morgan fingerprint density at radius 3 is 2.83 bits per heavy atom. The molecule has 1 aromatic heterocycles. The number of para-hydroxylation sites is 1. The van der Waals surface area contributed by atoms with Crippen molar-refractivity contribution in [2.45, 2.75) is 0 Å². The molecule has 2 amide bonds. The number of hydrogen-bond donors (Lipinski definition) is 2. The van der Waals surface area contributed by atoms with E-state index in [0.29, 0.717) is 30.7 Å². The fraction of sp³-hybridized carbons (Fsp3) is 0.357. The third-order valence-electron chi connectivity index (χ3n) is 3.36. The molecule has 0 bridgehead atoms. The molecule has 1 fully saturated rings. The minimum absolute atomic E-state index is 0.00955. The molecule has 0 saturated carbocycles. The number of carbonyl (C=O) groups excluding carboxylic acids is 2. The maximum atomic E-state index is 11.8. The molecule has 0 spiro atoms. The van der Waals surface area contributed by atoms with Gasteiger partial charge in [-0.1, -0.05) is 23.3 Å². The van der Waals surface area contributed by atoms with Crippen molar-refractivity contribution in [3.05, 3.63) is 30.3 Å². The van der Waals surface area contributed by atoms with Crippen LogP contribution < -0.4 is 10.6 Å². The molecule has 9 nitrogen and oxygen atoms in total. The molecule has 0 unspecified atom stereocenters. The van der Waals surface area contributed by atoms with Crippen LogP contribution in [0.4, 0.5) is 5.95 Å². The summed E-state index contributed by atoms with van der Waals surface area (Å²) < 4.78 is 1.59. The van der Waals surface area contributed by atoms with Gasteiger partial charge >= 0.3 is 0 Å². The van der Waals surface area contributed by atoms with Gasteiger partial charge in [0.25, 0.3) is 0 Å². The molecule has 1 aliphatic heterocycles. The van der Waals surface area contributed by atoms with E-state index in [1.165, 1.54) is 11.8 Å². The summed E-state index contributed by atoms with van der Waals surface area (Å²) in [6.07, 6.45) is 0. The van der Waals surface area contributed by atoms with E-state index in [-0.39, 0.29) is 18.4 Å². The zero-order valence-corrected chi connectivity index (χ0v) is 13.7. The van der Waals surface area contributed by atoms with E-state index in [1.54, 1.807) is 9.58 Å². The fourth-order valence-electron chi connectivity index (χ4n) is 2.19. The monoisotopic (exact) mass is 347 g/mol. The Morgan fingerprint density at radius 1 is 1.25 bits per heavy atom. The average Bonchev–Trinajstić information content (AvgIpc) is 3.22. The predicted octanol–water partition coefficient (Wildman–Crippen LogP) is -0.277. The fourth-order valence-corrected chi connectivity index (χ4v) is 3.09. The van der Waals surface area contributed by atoms with Crippen molar-refractivity contribution < 1.29 is 9.59 Å². The largest absolute Gasteiger partial charge is 0.353 e. The smallest absolute Gasteiger partial charge is 0.247 e. The molecule has 1 aromatic carbocycles. The molecular weight excluding hydrogens is 330 g/mol.